The molecule has 1 aromatic heterocycles. The van der Waals surface area contributed by atoms with Gasteiger partial charge in [-0.25, -0.2) is 4.98 Å². The number of amides is 1. The Labute approximate surface area is 131 Å². The molecule has 1 amide bonds. The quantitative estimate of drug-likeness (QED) is 0.905. The van der Waals surface area contributed by atoms with Gasteiger partial charge in [0.1, 0.15) is 5.69 Å². The van der Waals surface area contributed by atoms with Crippen LogP contribution in [0.4, 0.5) is 0 Å². The summed E-state index contributed by atoms with van der Waals surface area (Å²) in [5, 5.41) is 13.4. The fourth-order valence-electron chi connectivity index (χ4n) is 1.72. The first-order valence-electron chi connectivity index (χ1n) is 6.18. The maximum absolute atomic E-state index is 11.9. The lowest BCUT2D eigenvalue weighted by Crippen LogP contribution is -2.29. The number of aliphatic hydroxyl groups is 1. The number of carbonyl (C=O) groups excluding carboxylic acids is 1. The molecule has 0 aliphatic carbocycles. The van der Waals surface area contributed by atoms with Crippen LogP contribution in [0.3, 0.4) is 0 Å². The molecule has 21 heavy (non-hydrogen) atoms. The molecule has 110 valence electrons. The number of aryl methyl sites for hydroxylation is 1. The molecule has 1 atom stereocenters. The molecule has 0 aliphatic heterocycles. The van der Waals surface area contributed by atoms with Crippen molar-refractivity contribution < 1.29 is 9.90 Å². The van der Waals surface area contributed by atoms with Gasteiger partial charge in [-0.15, -0.1) is 0 Å². The van der Waals surface area contributed by atoms with Gasteiger partial charge in [0, 0.05) is 28.4 Å². The minimum Gasteiger partial charge on any atom is -0.386 e. The monoisotopic (exact) mass is 325 g/mol. The zero-order chi connectivity index (χ0) is 15.4. The van der Waals surface area contributed by atoms with Crippen molar-refractivity contribution in [2.24, 2.45) is 0 Å². The maximum Gasteiger partial charge on any atom is 0.271 e. The molecule has 7 heteroatoms. The Kier molecular flexibility index (Phi) is 5.12. The van der Waals surface area contributed by atoms with E-state index in [1.807, 2.05) is 0 Å². The van der Waals surface area contributed by atoms with E-state index in [1.54, 1.807) is 25.1 Å². The molecule has 0 fully saturated rings. The number of benzene rings is 1. The van der Waals surface area contributed by atoms with Crippen molar-refractivity contribution in [2.45, 2.75) is 13.0 Å². The molecule has 0 spiro atoms. The molecule has 0 unspecified atom stereocenters. The molecule has 0 aliphatic rings. The van der Waals surface area contributed by atoms with Crippen molar-refractivity contribution in [3.63, 3.8) is 0 Å². The standard InChI is InChI=1S/C14H13Cl2N3O2/c1-8-5-18-11(6-17-8)14(21)19-7-12(20)13-9(15)3-2-4-10(13)16/h2-6,12,20H,7H2,1H3,(H,19,21)/t12-/m0/s1. The second-order valence-corrected chi connectivity index (χ2v) is 5.22. The predicted molar refractivity (Wildman–Crippen MR) is 80.5 cm³/mol. The highest BCUT2D eigenvalue weighted by Crippen LogP contribution is 2.29. The van der Waals surface area contributed by atoms with Crippen LogP contribution in [0.5, 0.6) is 0 Å². The first kappa shape index (κ1) is 15.7. The minimum atomic E-state index is -1.01. The van der Waals surface area contributed by atoms with E-state index in [-0.39, 0.29) is 12.2 Å². The number of hydrogen-bond donors (Lipinski definition) is 2. The number of nitrogens with zero attached hydrogens (tertiary/aromatic N) is 2. The van der Waals surface area contributed by atoms with Crippen molar-refractivity contribution >= 4 is 29.1 Å². The van der Waals surface area contributed by atoms with Gasteiger partial charge in [0.25, 0.3) is 5.91 Å². The average Bonchev–Trinajstić information content (AvgIpc) is 2.45. The summed E-state index contributed by atoms with van der Waals surface area (Å²) in [5.41, 5.74) is 1.28. The summed E-state index contributed by atoms with van der Waals surface area (Å²) in [4.78, 5) is 19.8. The fourth-order valence-corrected chi connectivity index (χ4v) is 2.37. The van der Waals surface area contributed by atoms with Gasteiger partial charge in [0.15, 0.2) is 0 Å². The van der Waals surface area contributed by atoms with Gasteiger partial charge in [-0.2, -0.15) is 0 Å². The van der Waals surface area contributed by atoms with Crippen LogP contribution in [0.2, 0.25) is 10.0 Å². The second kappa shape index (κ2) is 6.85. The van der Waals surface area contributed by atoms with E-state index in [0.29, 0.717) is 15.6 Å². The third-order valence-corrected chi connectivity index (χ3v) is 3.46. The lowest BCUT2D eigenvalue weighted by molar-refractivity contribution is 0.0911. The van der Waals surface area contributed by atoms with E-state index in [0.717, 1.165) is 5.69 Å². The Morgan fingerprint density at radius 1 is 1.29 bits per heavy atom. The summed E-state index contributed by atoms with van der Waals surface area (Å²) >= 11 is 12.0. The Morgan fingerprint density at radius 2 is 1.95 bits per heavy atom. The smallest absolute Gasteiger partial charge is 0.271 e. The molecule has 0 saturated heterocycles. The van der Waals surface area contributed by atoms with Gasteiger partial charge in [0.05, 0.1) is 18.0 Å². The fraction of sp³-hybridized carbons (Fsp3) is 0.214. The van der Waals surface area contributed by atoms with Crippen molar-refractivity contribution in [1.82, 2.24) is 15.3 Å². The number of nitrogens with one attached hydrogen (secondary N) is 1. The Morgan fingerprint density at radius 3 is 2.52 bits per heavy atom. The Hall–Kier alpha value is -1.69. The number of carbonyl (C=O) groups is 1. The maximum atomic E-state index is 11.9. The van der Waals surface area contributed by atoms with E-state index in [1.165, 1.54) is 12.4 Å². The highest BCUT2D eigenvalue weighted by molar-refractivity contribution is 6.36. The zero-order valence-electron chi connectivity index (χ0n) is 11.2. The molecule has 2 rings (SSSR count). The van der Waals surface area contributed by atoms with Gasteiger partial charge in [-0.3, -0.25) is 9.78 Å². The molecule has 2 N–H and O–H groups in total. The molecule has 2 aromatic rings. The van der Waals surface area contributed by atoms with Crippen LogP contribution < -0.4 is 5.32 Å². The number of aliphatic hydroxyl groups excluding tert-OH is 1. The van der Waals surface area contributed by atoms with Crippen molar-refractivity contribution in [3.8, 4) is 0 Å². The van der Waals surface area contributed by atoms with Gasteiger partial charge >= 0.3 is 0 Å². The first-order valence-corrected chi connectivity index (χ1v) is 6.93. The van der Waals surface area contributed by atoms with E-state index in [4.69, 9.17) is 23.2 Å². The number of hydrogen-bond acceptors (Lipinski definition) is 4. The Bertz CT molecular complexity index is 627. The summed E-state index contributed by atoms with van der Waals surface area (Å²) in [6, 6.07) is 4.93. The normalized spacial score (nSPS) is 12.0. The van der Waals surface area contributed by atoms with E-state index in [2.05, 4.69) is 15.3 Å². The summed E-state index contributed by atoms with van der Waals surface area (Å²) in [5.74, 6) is -0.426. The molecule has 1 heterocycles. The van der Waals surface area contributed by atoms with E-state index < -0.39 is 12.0 Å². The Balaban J connectivity index is 2.02. The van der Waals surface area contributed by atoms with Crippen molar-refractivity contribution in [1.29, 1.82) is 0 Å². The van der Waals surface area contributed by atoms with Crippen LogP contribution in [0, 0.1) is 6.92 Å². The summed E-state index contributed by atoms with van der Waals surface area (Å²) < 4.78 is 0. The molecule has 1 aromatic carbocycles. The topological polar surface area (TPSA) is 75.1 Å². The highest BCUT2D eigenvalue weighted by atomic mass is 35.5. The van der Waals surface area contributed by atoms with E-state index >= 15 is 0 Å². The van der Waals surface area contributed by atoms with Gasteiger partial charge < -0.3 is 10.4 Å². The average molecular weight is 326 g/mol. The van der Waals surface area contributed by atoms with Crippen molar-refractivity contribution in [3.05, 3.63) is 57.6 Å². The van der Waals surface area contributed by atoms with Crippen LogP contribution in [0.25, 0.3) is 0 Å². The summed E-state index contributed by atoms with van der Waals surface area (Å²) in [6.07, 6.45) is 1.86. The number of aromatic nitrogens is 2. The van der Waals surface area contributed by atoms with Gasteiger partial charge in [-0.05, 0) is 19.1 Å². The molecule has 0 saturated carbocycles. The molecule has 0 radical (unpaired) electrons. The molecule has 5 nitrogen and oxygen atoms in total. The van der Waals surface area contributed by atoms with Crippen LogP contribution in [-0.2, 0) is 0 Å². The lowest BCUT2D eigenvalue weighted by atomic mass is 10.1. The second-order valence-electron chi connectivity index (χ2n) is 4.40. The minimum absolute atomic E-state index is 0.0299. The third kappa shape index (κ3) is 3.91. The SMILES string of the molecule is Cc1cnc(C(=O)NC[C@H](O)c2c(Cl)cccc2Cl)cn1. The van der Waals surface area contributed by atoms with Crippen LogP contribution in [0.1, 0.15) is 27.8 Å². The molecular weight excluding hydrogens is 313 g/mol. The summed E-state index contributed by atoms with van der Waals surface area (Å²) in [6.45, 7) is 1.75. The largest absolute Gasteiger partial charge is 0.386 e. The van der Waals surface area contributed by atoms with E-state index in [9.17, 15) is 9.90 Å². The molecule has 0 bridgehead atoms. The van der Waals surface area contributed by atoms with Crippen molar-refractivity contribution in [2.75, 3.05) is 6.54 Å². The lowest BCUT2D eigenvalue weighted by Gasteiger charge is -2.15. The van der Waals surface area contributed by atoms with Crippen LogP contribution in [-0.4, -0.2) is 27.5 Å². The van der Waals surface area contributed by atoms with Gasteiger partial charge in [0.2, 0.25) is 0 Å². The number of rotatable bonds is 4. The zero-order valence-corrected chi connectivity index (χ0v) is 12.7. The first-order chi connectivity index (χ1) is 9.99. The number of halogens is 2. The van der Waals surface area contributed by atoms with Gasteiger partial charge in [-0.1, -0.05) is 29.3 Å². The predicted octanol–water partition coefficient (Wildman–Crippen LogP) is 2.56. The highest BCUT2D eigenvalue weighted by Gasteiger charge is 2.17. The summed E-state index contributed by atoms with van der Waals surface area (Å²) in [7, 11) is 0. The van der Waals surface area contributed by atoms with Crippen LogP contribution in [0.15, 0.2) is 30.6 Å². The third-order valence-electron chi connectivity index (χ3n) is 2.80. The van der Waals surface area contributed by atoms with Crippen LogP contribution >= 0.6 is 23.2 Å². The molecular formula is C14H13Cl2N3O2.